The van der Waals surface area contributed by atoms with E-state index in [-0.39, 0.29) is 11.9 Å². The van der Waals surface area contributed by atoms with E-state index in [0.717, 1.165) is 26.1 Å². The molecular weight excluding hydrogens is 192 g/mol. The molecule has 0 aliphatic carbocycles. The Balaban J connectivity index is 1.88. The Kier molecular flexibility index (Phi) is 3.59. The van der Waals surface area contributed by atoms with E-state index in [1.54, 1.807) is 0 Å². The van der Waals surface area contributed by atoms with E-state index in [0.29, 0.717) is 19.1 Å². The Labute approximate surface area is 91.0 Å². The van der Waals surface area contributed by atoms with Gasteiger partial charge in [-0.05, 0) is 25.3 Å². The van der Waals surface area contributed by atoms with E-state index >= 15 is 0 Å². The Morgan fingerprint density at radius 2 is 2.13 bits per heavy atom. The molecule has 0 aromatic rings. The number of rotatable bonds is 1. The van der Waals surface area contributed by atoms with Gasteiger partial charge >= 0.3 is 0 Å². The smallest absolute Gasteiger partial charge is 0.239 e. The molecule has 2 saturated heterocycles. The summed E-state index contributed by atoms with van der Waals surface area (Å²) in [5.74, 6) is 0.936. The molecule has 15 heavy (non-hydrogen) atoms. The number of hydrogen-bond donors (Lipinski definition) is 1. The molecule has 2 unspecified atom stereocenters. The zero-order valence-corrected chi connectivity index (χ0v) is 9.37. The Morgan fingerprint density at radius 1 is 1.40 bits per heavy atom. The third kappa shape index (κ3) is 2.69. The van der Waals surface area contributed by atoms with Crippen molar-refractivity contribution in [2.45, 2.75) is 25.8 Å². The number of piperidine rings is 1. The van der Waals surface area contributed by atoms with Crippen LogP contribution in [-0.4, -0.2) is 49.7 Å². The lowest BCUT2D eigenvalue weighted by molar-refractivity contribution is -0.138. The van der Waals surface area contributed by atoms with Gasteiger partial charge in [0, 0.05) is 13.1 Å². The number of ether oxygens (including phenoxy) is 1. The maximum atomic E-state index is 12.1. The lowest BCUT2D eigenvalue weighted by atomic mass is 9.93. The summed E-state index contributed by atoms with van der Waals surface area (Å²) in [6, 6.07) is 0.0480. The summed E-state index contributed by atoms with van der Waals surface area (Å²) in [5, 5.41) is 3.31. The van der Waals surface area contributed by atoms with Crippen LogP contribution in [0.3, 0.4) is 0 Å². The first-order valence-corrected chi connectivity index (χ1v) is 5.87. The van der Waals surface area contributed by atoms with E-state index in [2.05, 4.69) is 12.2 Å². The summed E-state index contributed by atoms with van der Waals surface area (Å²) in [6.45, 7) is 6.08. The second kappa shape index (κ2) is 4.94. The number of carbonyl (C=O) groups excluding carboxylic acids is 1. The molecule has 0 bridgehead atoms. The van der Waals surface area contributed by atoms with E-state index in [9.17, 15) is 4.79 Å². The van der Waals surface area contributed by atoms with E-state index in [1.165, 1.54) is 6.42 Å². The molecule has 0 aromatic heterocycles. The molecule has 2 heterocycles. The van der Waals surface area contributed by atoms with Crippen LogP contribution < -0.4 is 5.32 Å². The fourth-order valence-corrected chi connectivity index (χ4v) is 2.30. The average molecular weight is 212 g/mol. The summed E-state index contributed by atoms with van der Waals surface area (Å²) in [5.41, 5.74) is 0. The normalized spacial score (nSPS) is 32.7. The first-order chi connectivity index (χ1) is 7.27. The Hall–Kier alpha value is -0.610. The van der Waals surface area contributed by atoms with Gasteiger partial charge in [0.05, 0.1) is 19.3 Å². The van der Waals surface area contributed by atoms with Crippen LogP contribution in [0.1, 0.15) is 19.8 Å². The number of carbonyl (C=O) groups is 1. The molecule has 0 radical (unpaired) electrons. The van der Waals surface area contributed by atoms with Gasteiger partial charge in [0.25, 0.3) is 0 Å². The highest BCUT2D eigenvalue weighted by molar-refractivity contribution is 5.82. The van der Waals surface area contributed by atoms with Gasteiger partial charge in [-0.25, -0.2) is 0 Å². The highest BCUT2D eigenvalue weighted by Gasteiger charge is 2.28. The SMILES string of the molecule is CC1CCNC(C(=O)N2CCOCC2)C1. The fraction of sp³-hybridized carbons (Fsp3) is 0.909. The lowest BCUT2D eigenvalue weighted by Gasteiger charge is -2.34. The fourth-order valence-electron chi connectivity index (χ4n) is 2.30. The highest BCUT2D eigenvalue weighted by atomic mass is 16.5. The largest absolute Gasteiger partial charge is 0.378 e. The molecule has 0 aromatic carbocycles. The molecule has 1 amide bonds. The molecule has 2 aliphatic heterocycles. The number of morpholine rings is 1. The number of nitrogens with zero attached hydrogens (tertiary/aromatic N) is 1. The van der Waals surface area contributed by atoms with Crippen LogP contribution in [-0.2, 0) is 9.53 Å². The Morgan fingerprint density at radius 3 is 2.80 bits per heavy atom. The molecule has 2 fully saturated rings. The van der Waals surface area contributed by atoms with Gasteiger partial charge in [-0.15, -0.1) is 0 Å². The zero-order valence-electron chi connectivity index (χ0n) is 9.37. The van der Waals surface area contributed by atoms with Crippen molar-refractivity contribution < 1.29 is 9.53 Å². The maximum absolute atomic E-state index is 12.1. The predicted molar refractivity (Wildman–Crippen MR) is 57.6 cm³/mol. The third-order valence-corrected chi connectivity index (χ3v) is 3.29. The quantitative estimate of drug-likeness (QED) is 0.676. The van der Waals surface area contributed by atoms with Crippen molar-refractivity contribution in [3.63, 3.8) is 0 Å². The molecule has 2 atom stereocenters. The van der Waals surface area contributed by atoms with E-state index in [1.807, 2.05) is 4.90 Å². The molecular formula is C11H20N2O2. The van der Waals surface area contributed by atoms with Crippen LogP contribution in [0.5, 0.6) is 0 Å². The van der Waals surface area contributed by atoms with Crippen molar-refractivity contribution >= 4 is 5.91 Å². The van der Waals surface area contributed by atoms with Crippen LogP contribution in [0.15, 0.2) is 0 Å². The van der Waals surface area contributed by atoms with Gasteiger partial charge in [0.1, 0.15) is 0 Å². The van der Waals surface area contributed by atoms with Crippen molar-refractivity contribution in [1.29, 1.82) is 0 Å². The summed E-state index contributed by atoms with van der Waals surface area (Å²) < 4.78 is 5.24. The topological polar surface area (TPSA) is 41.6 Å². The zero-order chi connectivity index (χ0) is 10.7. The van der Waals surface area contributed by atoms with Crippen molar-refractivity contribution in [2.24, 2.45) is 5.92 Å². The van der Waals surface area contributed by atoms with Crippen molar-refractivity contribution in [3.8, 4) is 0 Å². The van der Waals surface area contributed by atoms with E-state index < -0.39 is 0 Å². The van der Waals surface area contributed by atoms with Crippen LogP contribution in [0.4, 0.5) is 0 Å². The molecule has 0 spiro atoms. The summed E-state index contributed by atoms with van der Waals surface area (Å²) in [7, 11) is 0. The van der Waals surface area contributed by atoms with Crippen LogP contribution in [0.25, 0.3) is 0 Å². The van der Waals surface area contributed by atoms with Crippen LogP contribution >= 0.6 is 0 Å². The maximum Gasteiger partial charge on any atom is 0.239 e. The minimum Gasteiger partial charge on any atom is -0.378 e. The minimum absolute atomic E-state index is 0.0480. The first-order valence-electron chi connectivity index (χ1n) is 5.87. The average Bonchev–Trinajstić information content (AvgIpc) is 2.29. The van der Waals surface area contributed by atoms with Gasteiger partial charge in [-0.1, -0.05) is 6.92 Å². The molecule has 2 rings (SSSR count). The van der Waals surface area contributed by atoms with Gasteiger partial charge in [-0.2, -0.15) is 0 Å². The molecule has 0 saturated carbocycles. The number of amides is 1. The van der Waals surface area contributed by atoms with Gasteiger partial charge in [0.15, 0.2) is 0 Å². The lowest BCUT2D eigenvalue weighted by Crippen LogP contribution is -2.52. The molecule has 2 aliphatic rings. The van der Waals surface area contributed by atoms with Crippen LogP contribution in [0, 0.1) is 5.92 Å². The summed E-state index contributed by atoms with van der Waals surface area (Å²) in [6.07, 6.45) is 2.17. The summed E-state index contributed by atoms with van der Waals surface area (Å²) in [4.78, 5) is 14.0. The molecule has 1 N–H and O–H groups in total. The van der Waals surface area contributed by atoms with Crippen molar-refractivity contribution in [3.05, 3.63) is 0 Å². The number of nitrogens with one attached hydrogen (secondary N) is 1. The van der Waals surface area contributed by atoms with Crippen molar-refractivity contribution in [1.82, 2.24) is 10.2 Å². The van der Waals surface area contributed by atoms with Gasteiger partial charge in [-0.3, -0.25) is 4.79 Å². The van der Waals surface area contributed by atoms with Gasteiger partial charge in [0.2, 0.25) is 5.91 Å². The van der Waals surface area contributed by atoms with Crippen LogP contribution in [0.2, 0.25) is 0 Å². The number of hydrogen-bond acceptors (Lipinski definition) is 3. The standard InChI is InChI=1S/C11H20N2O2/c1-9-2-3-12-10(8-9)11(14)13-4-6-15-7-5-13/h9-10,12H,2-8H2,1H3. The Bertz CT molecular complexity index is 227. The molecule has 86 valence electrons. The van der Waals surface area contributed by atoms with E-state index in [4.69, 9.17) is 4.74 Å². The molecule has 4 nitrogen and oxygen atoms in total. The van der Waals surface area contributed by atoms with Gasteiger partial charge < -0.3 is 15.0 Å². The molecule has 4 heteroatoms. The monoisotopic (exact) mass is 212 g/mol. The summed E-state index contributed by atoms with van der Waals surface area (Å²) >= 11 is 0. The second-order valence-corrected chi connectivity index (χ2v) is 4.57. The second-order valence-electron chi connectivity index (χ2n) is 4.57. The predicted octanol–water partition coefficient (Wildman–Crippen LogP) is 0.233. The third-order valence-electron chi connectivity index (χ3n) is 3.29. The first kappa shape index (κ1) is 10.9. The van der Waals surface area contributed by atoms with Crippen molar-refractivity contribution in [2.75, 3.05) is 32.8 Å². The minimum atomic E-state index is 0.0480. The highest BCUT2D eigenvalue weighted by Crippen LogP contribution is 2.17.